The quantitative estimate of drug-likeness (QED) is 0.674. The van der Waals surface area contributed by atoms with E-state index in [1.54, 1.807) is 43.5 Å². The van der Waals surface area contributed by atoms with Crippen molar-refractivity contribution in [2.24, 2.45) is 0 Å². The van der Waals surface area contributed by atoms with E-state index < -0.39 is 11.6 Å². The van der Waals surface area contributed by atoms with Crippen molar-refractivity contribution in [3.63, 3.8) is 0 Å². The number of rotatable bonds is 6. The monoisotopic (exact) mass is 362 g/mol. The molecular formula is C23H22O4. The Bertz CT molecular complexity index is 903. The van der Waals surface area contributed by atoms with E-state index in [-0.39, 0.29) is 6.61 Å². The Morgan fingerprint density at radius 3 is 2.19 bits per heavy atom. The first-order valence-corrected chi connectivity index (χ1v) is 8.70. The van der Waals surface area contributed by atoms with Gasteiger partial charge in [-0.1, -0.05) is 66.7 Å². The number of carbonyl (C=O) groups is 1. The van der Waals surface area contributed by atoms with Crippen molar-refractivity contribution >= 4 is 5.97 Å². The summed E-state index contributed by atoms with van der Waals surface area (Å²) in [4.78, 5) is 13.0. The van der Waals surface area contributed by atoms with E-state index in [9.17, 15) is 9.90 Å². The van der Waals surface area contributed by atoms with E-state index in [0.29, 0.717) is 16.9 Å². The van der Waals surface area contributed by atoms with Gasteiger partial charge in [0.05, 0.1) is 7.11 Å². The van der Waals surface area contributed by atoms with Crippen molar-refractivity contribution in [3.8, 4) is 5.75 Å². The summed E-state index contributed by atoms with van der Waals surface area (Å²) in [5.74, 6) is -0.0747. The second kappa shape index (κ2) is 8.06. The number of hydrogen-bond donors (Lipinski definition) is 1. The molecule has 3 aromatic rings. The highest BCUT2D eigenvalue weighted by atomic mass is 16.5. The third-order valence-corrected chi connectivity index (χ3v) is 4.55. The van der Waals surface area contributed by atoms with Gasteiger partial charge < -0.3 is 14.6 Å². The summed E-state index contributed by atoms with van der Waals surface area (Å²) in [6, 6.07) is 23.4. The number of hydrogen-bond acceptors (Lipinski definition) is 4. The standard InChI is InChI=1S/C23H22O4/c1-17-8-6-7-11-21(17)23(25,19-12-14-20(26-2)15-13-19)22(24)27-16-18-9-4-3-5-10-18/h3-15,25H,16H2,1-2H3/t23-/m0/s1. The minimum absolute atomic E-state index is 0.0873. The van der Waals surface area contributed by atoms with E-state index >= 15 is 0 Å². The molecule has 4 heteroatoms. The Labute approximate surface area is 159 Å². The average Bonchev–Trinajstić information content (AvgIpc) is 2.72. The lowest BCUT2D eigenvalue weighted by atomic mass is 9.84. The van der Waals surface area contributed by atoms with Crippen molar-refractivity contribution in [1.29, 1.82) is 0 Å². The van der Waals surface area contributed by atoms with Crippen LogP contribution in [0.25, 0.3) is 0 Å². The normalized spacial score (nSPS) is 12.9. The van der Waals surface area contributed by atoms with Crippen molar-refractivity contribution < 1.29 is 19.4 Å². The molecule has 27 heavy (non-hydrogen) atoms. The third-order valence-electron chi connectivity index (χ3n) is 4.55. The largest absolute Gasteiger partial charge is 0.497 e. The van der Waals surface area contributed by atoms with Gasteiger partial charge in [-0.15, -0.1) is 0 Å². The molecule has 0 aliphatic carbocycles. The topological polar surface area (TPSA) is 55.8 Å². The fourth-order valence-electron chi connectivity index (χ4n) is 3.02. The molecule has 0 heterocycles. The minimum atomic E-state index is -1.91. The van der Waals surface area contributed by atoms with Crippen LogP contribution < -0.4 is 4.74 Å². The molecule has 0 spiro atoms. The molecule has 0 bridgehead atoms. The predicted molar refractivity (Wildman–Crippen MR) is 103 cm³/mol. The molecule has 0 saturated carbocycles. The van der Waals surface area contributed by atoms with Crippen LogP contribution in [0.5, 0.6) is 5.75 Å². The van der Waals surface area contributed by atoms with Crippen LogP contribution in [0.15, 0.2) is 78.9 Å². The summed E-state index contributed by atoms with van der Waals surface area (Å²) in [7, 11) is 1.57. The second-order valence-electron chi connectivity index (χ2n) is 6.32. The van der Waals surface area contributed by atoms with Crippen LogP contribution in [0.2, 0.25) is 0 Å². The molecule has 1 N–H and O–H groups in total. The highest BCUT2D eigenvalue weighted by molar-refractivity contribution is 5.86. The molecule has 4 nitrogen and oxygen atoms in total. The second-order valence-corrected chi connectivity index (χ2v) is 6.32. The lowest BCUT2D eigenvalue weighted by Crippen LogP contribution is -2.39. The Morgan fingerprint density at radius 1 is 0.926 bits per heavy atom. The molecule has 0 radical (unpaired) electrons. The number of esters is 1. The Kier molecular flexibility index (Phi) is 5.57. The lowest BCUT2D eigenvalue weighted by molar-refractivity contribution is -0.163. The minimum Gasteiger partial charge on any atom is -0.497 e. The van der Waals surface area contributed by atoms with Crippen LogP contribution in [-0.4, -0.2) is 18.2 Å². The first-order chi connectivity index (χ1) is 13.1. The summed E-state index contributed by atoms with van der Waals surface area (Å²) >= 11 is 0. The Balaban J connectivity index is 1.98. The molecule has 0 unspecified atom stereocenters. The zero-order chi connectivity index (χ0) is 19.3. The van der Waals surface area contributed by atoms with Gasteiger partial charge in [0.2, 0.25) is 5.60 Å². The maximum Gasteiger partial charge on any atom is 0.348 e. The van der Waals surface area contributed by atoms with E-state index in [0.717, 1.165) is 11.1 Å². The van der Waals surface area contributed by atoms with Crippen LogP contribution in [0.3, 0.4) is 0 Å². The zero-order valence-electron chi connectivity index (χ0n) is 15.4. The Morgan fingerprint density at radius 2 is 1.56 bits per heavy atom. The van der Waals surface area contributed by atoms with Crippen LogP contribution in [0.4, 0.5) is 0 Å². The summed E-state index contributed by atoms with van der Waals surface area (Å²) in [5, 5.41) is 11.5. The predicted octanol–water partition coefficient (Wildman–Crippen LogP) is 3.98. The van der Waals surface area contributed by atoms with Gasteiger partial charge in [-0.2, -0.15) is 0 Å². The summed E-state index contributed by atoms with van der Waals surface area (Å²) in [6.45, 7) is 1.94. The average molecular weight is 362 g/mol. The molecule has 0 aliphatic heterocycles. The number of benzene rings is 3. The van der Waals surface area contributed by atoms with Crippen molar-refractivity contribution in [3.05, 3.63) is 101 Å². The first-order valence-electron chi connectivity index (χ1n) is 8.70. The van der Waals surface area contributed by atoms with Gasteiger partial charge in [0.1, 0.15) is 12.4 Å². The lowest BCUT2D eigenvalue weighted by Gasteiger charge is -2.28. The number of ether oxygens (including phenoxy) is 2. The van der Waals surface area contributed by atoms with E-state index in [1.807, 2.05) is 49.4 Å². The van der Waals surface area contributed by atoms with Gasteiger partial charge in [0, 0.05) is 5.56 Å². The van der Waals surface area contributed by atoms with Gasteiger partial charge >= 0.3 is 5.97 Å². The first kappa shape index (κ1) is 18.7. The highest BCUT2D eigenvalue weighted by Gasteiger charge is 2.42. The molecule has 0 saturated heterocycles. The van der Waals surface area contributed by atoms with Gasteiger partial charge in [-0.3, -0.25) is 0 Å². The summed E-state index contributed by atoms with van der Waals surface area (Å²) in [6.07, 6.45) is 0. The summed E-state index contributed by atoms with van der Waals surface area (Å²) in [5.41, 5.74) is 0.663. The zero-order valence-corrected chi connectivity index (χ0v) is 15.4. The molecule has 3 aromatic carbocycles. The highest BCUT2D eigenvalue weighted by Crippen LogP contribution is 2.34. The van der Waals surface area contributed by atoms with Crippen LogP contribution >= 0.6 is 0 Å². The molecule has 0 aliphatic rings. The van der Waals surface area contributed by atoms with Gasteiger partial charge in [-0.25, -0.2) is 4.79 Å². The number of aliphatic hydroxyl groups is 1. The summed E-state index contributed by atoms with van der Waals surface area (Å²) < 4.78 is 10.7. The molecule has 3 rings (SSSR count). The number of aryl methyl sites for hydroxylation is 1. The van der Waals surface area contributed by atoms with Gasteiger partial charge in [0.25, 0.3) is 0 Å². The maximum atomic E-state index is 13.0. The van der Waals surface area contributed by atoms with Crippen molar-refractivity contribution in [2.75, 3.05) is 7.11 Å². The van der Waals surface area contributed by atoms with Crippen LogP contribution in [0.1, 0.15) is 22.3 Å². The van der Waals surface area contributed by atoms with Crippen molar-refractivity contribution in [2.45, 2.75) is 19.1 Å². The van der Waals surface area contributed by atoms with Gasteiger partial charge in [0.15, 0.2) is 0 Å². The van der Waals surface area contributed by atoms with Gasteiger partial charge in [-0.05, 0) is 35.7 Å². The van der Waals surface area contributed by atoms with E-state index in [2.05, 4.69) is 0 Å². The van der Waals surface area contributed by atoms with E-state index in [1.165, 1.54) is 0 Å². The SMILES string of the molecule is COc1ccc([C@@](O)(C(=O)OCc2ccccc2)c2ccccc2C)cc1. The number of methoxy groups -OCH3 is 1. The number of carbonyl (C=O) groups excluding carboxylic acids is 1. The van der Waals surface area contributed by atoms with E-state index in [4.69, 9.17) is 9.47 Å². The smallest absolute Gasteiger partial charge is 0.348 e. The van der Waals surface area contributed by atoms with Crippen molar-refractivity contribution in [1.82, 2.24) is 0 Å². The fraction of sp³-hybridized carbons (Fsp3) is 0.174. The van der Waals surface area contributed by atoms with Crippen LogP contribution in [-0.2, 0) is 21.7 Å². The molecule has 1 atom stereocenters. The fourth-order valence-corrected chi connectivity index (χ4v) is 3.02. The molecule has 0 amide bonds. The Hall–Kier alpha value is -3.11. The molecule has 0 aromatic heterocycles. The molecule has 138 valence electrons. The molecule has 0 fully saturated rings. The maximum absolute atomic E-state index is 13.0. The third kappa shape index (κ3) is 3.86. The molecular weight excluding hydrogens is 340 g/mol. The van der Waals surface area contributed by atoms with Crippen LogP contribution in [0, 0.1) is 6.92 Å².